The van der Waals surface area contributed by atoms with Gasteiger partial charge in [-0.15, -0.1) is 12.4 Å². The lowest BCUT2D eigenvalue weighted by molar-refractivity contribution is -0.139. The van der Waals surface area contributed by atoms with E-state index in [-0.39, 0.29) is 24.2 Å². The van der Waals surface area contributed by atoms with Gasteiger partial charge < -0.3 is 10.4 Å². The summed E-state index contributed by atoms with van der Waals surface area (Å²) in [6, 6.07) is 7.90. The van der Waals surface area contributed by atoms with Crippen LogP contribution in [-0.4, -0.2) is 24.2 Å². The highest BCUT2D eigenvalue weighted by Gasteiger charge is 2.40. The molecule has 2 N–H and O–H groups in total. The second-order valence-corrected chi connectivity index (χ2v) is 4.88. The van der Waals surface area contributed by atoms with E-state index in [1.165, 1.54) is 0 Å². The number of nitrogens with one attached hydrogen (secondary N) is 1. The van der Waals surface area contributed by atoms with Gasteiger partial charge in [0.25, 0.3) is 0 Å². The number of hydrogen-bond acceptors (Lipinski definition) is 2. The largest absolute Gasteiger partial charge is 0.481 e. The van der Waals surface area contributed by atoms with Gasteiger partial charge in [-0.2, -0.15) is 0 Å². The van der Waals surface area contributed by atoms with Crippen LogP contribution in [0.1, 0.15) is 12.0 Å². The number of benzene rings is 1. The summed E-state index contributed by atoms with van der Waals surface area (Å²) in [5, 5.41) is 12.0. The average molecular weight is 307 g/mol. The third-order valence-electron chi connectivity index (χ3n) is 2.87. The van der Waals surface area contributed by atoms with Crippen LogP contribution in [0.15, 0.2) is 28.7 Å². The molecule has 0 aromatic heterocycles. The van der Waals surface area contributed by atoms with Crippen LogP contribution < -0.4 is 5.32 Å². The van der Waals surface area contributed by atoms with Gasteiger partial charge in [-0.3, -0.25) is 4.79 Å². The number of carbonyl (C=O) groups is 1. The van der Waals surface area contributed by atoms with Gasteiger partial charge >= 0.3 is 5.97 Å². The maximum absolute atomic E-state index is 10.8. The van der Waals surface area contributed by atoms with Gasteiger partial charge in [0.1, 0.15) is 0 Å². The van der Waals surface area contributed by atoms with Crippen molar-refractivity contribution in [1.82, 2.24) is 5.32 Å². The lowest BCUT2D eigenvalue weighted by Crippen LogP contribution is -2.57. The first-order chi connectivity index (χ1) is 7.12. The molecule has 1 aromatic rings. The number of carboxylic acids is 1. The lowest BCUT2D eigenvalue weighted by atomic mass is 9.73. The van der Waals surface area contributed by atoms with Gasteiger partial charge in [-0.05, 0) is 17.7 Å². The minimum atomic E-state index is -0.737. The van der Waals surface area contributed by atoms with Crippen LogP contribution in [0, 0.1) is 0 Å². The van der Waals surface area contributed by atoms with Gasteiger partial charge in [-0.1, -0.05) is 28.1 Å². The fraction of sp³-hybridized carbons (Fsp3) is 0.364. The Labute approximate surface area is 109 Å². The number of aliphatic carboxylic acids is 1. The van der Waals surface area contributed by atoms with Crippen LogP contribution in [0.5, 0.6) is 0 Å². The number of carboxylic acid groups (broad SMARTS) is 1. The molecule has 1 saturated heterocycles. The molecule has 2 rings (SSSR count). The van der Waals surface area contributed by atoms with E-state index in [9.17, 15) is 4.79 Å². The van der Waals surface area contributed by atoms with Gasteiger partial charge in [0, 0.05) is 23.0 Å². The van der Waals surface area contributed by atoms with Crippen LogP contribution in [0.4, 0.5) is 0 Å². The maximum Gasteiger partial charge on any atom is 0.304 e. The first-order valence-corrected chi connectivity index (χ1v) is 5.60. The SMILES string of the molecule is Cl.O=C(O)CC1(c2ccc(Br)cc2)CNC1. The van der Waals surface area contributed by atoms with Crippen molar-refractivity contribution in [2.45, 2.75) is 11.8 Å². The third kappa shape index (κ3) is 2.56. The summed E-state index contributed by atoms with van der Waals surface area (Å²) in [5.74, 6) is -0.737. The first kappa shape index (κ1) is 13.5. The molecule has 0 amide bonds. The zero-order chi connectivity index (χ0) is 10.9. The molecule has 1 heterocycles. The van der Waals surface area contributed by atoms with E-state index in [4.69, 9.17) is 5.11 Å². The van der Waals surface area contributed by atoms with E-state index in [0.29, 0.717) is 0 Å². The van der Waals surface area contributed by atoms with E-state index >= 15 is 0 Å². The minimum absolute atomic E-state index is 0. The molecule has 1 aliphatic rings. The molecule has 1 aliphatic heterocycles. The van der Waals surface area contributed by atoms with Gasteiger partial charge in [0.15, 0.2) is 0 Å². The van der Waals surface area contributed by atoms with Crippen LogP contribution in [0.3, 0.4) is 0 Å². The molecule has 0 unspecified atom stereocenters. The Morgan fingerprint density at radius 3 is 2.31 bits per heavy atom. The smallest absolute Gasteiger partial charge is 0.304 e. The van der Waals surface area contributed by atoms with Crippen molar-refractivity contribution in [3.05, 3.63) is 34.3 Å². The topological polar surface area (TPSA) is 49.3 Å². The highest BCUT2D eigenvalue weighted by atomic mass is 79.9. The molecule has 0 atom stereocenters. The Hall–Kier alpha value is -0.580. The van der Waals surface area contributed by atoms with E-state index in [2.05, 4.69) is 21.2 Å². The van der Waals surface area contributed by atoms with Crippen molar-refractivity contribution in [3.63, 3.8) is 0 Å². The standard InChI is InChI=1S/C11H12BrNO2.ClH/c12-9-3-1-8(2-4-9)11(5-10(14)15)6-13-7-11;/h1-4,13H,5-7H2,(H,14,15);1H. The molecular formula is C11H13BrClNO2. The van der Waals surface area contributed by atoms with E-state index in [1.54, 1.807) is 0 Å². The second kappa shape index (κ2) is 5.17. The van der Waals surface area contributed by atoms with Crippen molar-refractivity contribution in [1.29, 1.82) is 0 Å². The minimum Gasteiger partial charge on any atom is -0.481 e. The Kier molecular flexibility index (Phi) is 4.35. The van der Waals surface area contributed by atoms with Crippen LogP contribution in [0.25, 0.3) is 0 Å². The molecule has 1 fully saturated rings. The van der Waals surface area contributed by atoms with Gasteiger partial charge in [0.2, 0.25) is 0 Å². The summed E-state index contributed by atoms with van der Waals surface area (Å²) in [7, 11) is 0. The lowest BCUT2D eigenvalue weighted by Gasteiger charge is -2.42. The molecular weight excluding hydrogens is 293 g/mol. The molecule has 0 aliphatic carbocycles. The summed E-state index contributed by atoms with van der Waals surface area (Å²) in [5.41, 5.74) is 0.902. The summed E-state index contributed by atoms with van der Waals surface area (Å²) >= 11 is 3.37. The molecule has 3 nitrogen and oxygen atoms in total. The molecule has 16 heavy (non-hydrogen) atoms. The fourth-order valence-electron chi connectivity index (χ4n) is 1.95. The second-order valence-electron chi connectivity index (χ2n) is 3.96. The number of hydrogen-bond donors (Lipinski definition) is 2. The predicted octanol–water partition coefficient (Wildman–Crippen LogP) is 2.19. The Morgan fingerprint density at radius 1 is 1.38 bits per heavy atom. The first-order valence-electron chi connectivity index (χ1n) is 4.81. The molecule has 5 heteroatoms. The summed E-state index contributed by atoms with van der Waals surface area (Å²) in [6.07, 6.45) is 0.196. The molecule has 0 saturated carbocycles. The monoisotopic (exact) mass is 305 g/mol. The van der Waals surface area contributed by atoms with E-state index in [0.717, 1.165) is 23.1 Å². The predicted molar refractivity (Wildman–Crippen MR) is 68.2 cm³/mol. The normalized spacial score (nSPS) is 17.1. The summed E-state index contributed by atoms with van der Waals surface area (Å²) in [4.78, 5) is 10.8. The highest BCUT2D eigenvalue weighted by molar-refractivity contribution is 9.10. The Bertz CT molecular complexity index is 376. The average Bonchev–Trinajstić information content (AvgIpc) is 2.13. The van der Waals surface area contributed by atoms with Crippen LogP contribution >= 0.6 is 28.3 Å². The van der Waals surface area contributed by atoms with Crippen molar-refractivity contribution in [2.75, 3.05) is 13.1 Å². The quantitative estimate of drug-likeness (QED) is 0.900. The fourth-order valence-corrected chi connectivity index (χ4v) is 2.22. The molecule has 1 aromatic carbocycles. The Morgan fingerprint density at radius 2 is 1.94 bits per heavy atom. The molecule has 88 valence electrons. The van der Waals surface area contributed by atoms with Gasteiger partial charge in [-0.25, -0.2) is 0 Å². The maximum atomic E-state index is 10.8. The van der Waals surface area contributed by atoms with Crippen LogP contribution in [-0.2, 0) is 10.2 Å². The van der Waals surface area contributed by atoms with E-state index in [1.807, 2.05) is 24.3 Å². The van der Waals surface area contributed by atoms with Crippen molar-refractivity contribution in [2.24, 2.45) is 0 Å². The third-order valence-corrected chi connectivity index (χ3v) is 3.40. The highest BCUT2D eigenvalue weighted by Crippen LogP contribution is 2.32. The number of halogens is 2. The zero-order valence-corrected chi connectivity index (χ0v) is 11.0. The zero-order valence-electron chi connectivity index (χ0n) is 8.57. The van der Waals surface area contributed by atoms with Crippen LogP contribution in [0.2, 0.25) is 0 Å². The summed E-state index contributed by atoms with van der Waals surface area (Å²) < 4.78 is 1.02. The van der Waals surface area contributed by atoms with Crippen molar-refractivity contribution >= 4 is 34.3 Å². The Balaban J connectivity index is 0.00000128. The van der Waals surface area contributed by atoms with E-state index < -0.39 is 5.97 Å². The van der Waals surface area contributed by atoms with Gasteiger partial charge in [0.05, 0.1) is 6.42 Å². The summed E-state index contributed by atoms with van der Waals surface area (Å²) in [6.45, 7) is 1.50. The van der Waals surface area contributed by atoms with Crippen molar-refractivity contribution in [3.8, 4) is 0 Å². The molecule has 0 spiro atoms. The molecule has 0 radical (unpaired) electrons. The van der Waals surface area contributed by atoms with Crippen molar-refractivity contribution < 1.29 is 9.90 Å². The number of rotatable bonds is 3. The molecule has 0 bridgehead atoms.